The van der Waals surface area contributed by atoms with Gasteiger partial charge in [-0.1, -0.05) is 17.7 Å². The predicted molar refractivity (Wildman–Crippen MR) is 51.4 cm³/mol. The van der Waals surface area contributed by atoms with E-state index < -0.39 is 7.12 Å². The van der Waals surface area contributed by atoms with E-state index in [2.05, 4.69) is 0 Å². The van der Waals surface area contributed by atoms with Gasteiger partial charge in [0.2, 0.25) is 0 Å². The molecule has 1 aromatic rings. The molecule has 0 radical (unpaired) electrons. The number of carbonyl (C=O) groups excluding carboxylic acids is 1. The van der Waals surface area contributed by atoms with Crippen molar-refractivity contribution in [1.29, 1.82) is 0 Å². The summed E-state index contributed by atoms with van der Waals surface area (Å²) in [7, 11) is -1.67. The molecule has 2 N–H and O–H groups in total. The molecule has 0 saturated carbocycles. The van der Waals surface area contributed by atoms with Crippen LogP contribution in [0.4, 0.5) is 0 Å². The van der Waals surface area contributed by atoms with Crippen LogP contribution >= 0.6 is 11.6 Å². The fraction of sp³-hybridized carbons (Fsp3) is 0.125. The number of aryl methyl sites for hydroxylation is 1. The molecular formula is C8H8BClO3. The second-order valence-corrected chi connectivity index (χ2v) is 3.15. The van der Waals surface area contributed by atoms with Gasteiger partial charge in [0.25, 0.3) is 0 Å². The lowest BCUT2D eigenvalue weighted by Gasteiger charge is -2.06. The van der Waals surface area contributed by atoms with E-state index in [0.717, 1.165) is 5.56 Å². The van der Waals surface area contributed by atoms with E-state index in [1.54, 1.807) is 13.0 Å². The molecule has 0 bridgehead atoms. The van der Waals surface area contributed by atoms with Crippen LogP contribution in [0.25, 0.3) is 0 Å². The summed E-state index contributed by atoms with van der Waals surface area (Å²) in [6, 6.07) is 3.11. The van der Waals surface area contributed by atoms with E-state index in [4.69, 9.17) is 21.6 Å². The van der Waals surface area contributed by atoms with Gasteiger partial charge in [-0.3, -0.25) is 4.79 Å². The Morgan fingerprint density at radius 1 is 1.46 bits per heavy atom. The van der Waals surface area contributed by atoms with Gasteiger partial charge in [-0.2, -0.15) is 0 Å². The molecule has 1 rings (SSSR count). The smallest absolute Gasteiger partial charge is 0.423 e. The van der Waals surface area contributed by atoms with E-state index >= 15 is 0 Å². The fourth-order valence-electron chi connectivity index (χ4n) is 1.12. The molecule has 0 unspecified atom stereocenters. The minimum atomic E-state index is -1.67. The number of hydrogen-bond acceptors (Lipinski definition) is 3. The first-order valence-corrected chi connectivity index (χ1v) is 4.05. The van der Waals surface area contributed by atoms with Crippen LogP contribution in [0.15, 0.2) is 12.1 Å². The van der Waals surface area contributed by atoms with Gasteiger partial charge >= 0.3 is 7.12 Å². The molecule has 0 amide bonds. The molecule has 0 aliphatic heterocycles. The molecule has 5 heteroatoms. The number of aldehydes is 1. The third kappa shape index (κ3) is 2.09. The lowest BCUT2D eigenvalue weighted by molar-refractivity contribution is 0.112. The number of hydrogen-bond donors (Lipinski definition) is 2. The number of halogens is 1. The molecule has 0 atom stereocenters. The molecule has 3 nitrogen and oxygen atoms in total. The lowest BCUT2D eigenvalue weighted by Crippen LogP contribution is -2.33. The van der Waals surface area contributed by atoms with Gasteiger partial charge in [0.15, 0.2) is 6.29 Å². The Morgan fingerprint density at radius 3 is 2.54 bits per heavy atom. The minimum absolute atomic E-state index is 0.127. The van der Waals surface area contributed by atoms with Crippen molar-refractivity contribution >= 4 is 30.5 Å². The normalized spacial score (nSPS) is 9.85. The summed E-state index contributed by atoms with van der Waals surface area (Å²) in [5.74, 6) is 0. The van der Waals surface area contributed by atoms with Crippen LogP contribution in [0.5, 0.6) is 0 Å². The van der Waals surface area contributed by atoms with Crippen LogP contribution in [0.3, 0.4) is 0 Å². The van der Waals surface area contributed by atoms with Crippen molar-refractivity contribution in [3.8, 4) is 0 Å². The molecule has 0 aliphatic carbocycles. The summed E-state index contributed by atoms with van der Waals surface area (Å²) in [4.78, 5) is 10.6. The molecule has 13 heavy (non-hydrogen) atoms. The zero-order chi connectivity index (χ0) is 10.0. The van der Waals surface area contributed by atoms with Crippen LogP contribution in [-0.2, 0) is 0 Å². The van der Waals surface area contributed by atoms with Crippen LogP contribution in [-0.4, -0.2) is 23.5 Å². The molecule has 0 saturated heterocycles. The predicted octanol–water partition coefficient (Wildman–Crippen LogP) is 0.141. The van der Waals surface area contributed by atoms with Crippen molar-refractivity contribution < 1.29 is 14.8 Å². The molecule has 68 valence electrons. The summed E-state index contributed by atoms with van der Waals surface area (Å²) in [6.45, 7) is 1.76. The van der Waals surface area contributed by atoms with Crippen molar-refractivity contribution in [2.45, 2.75) is 6.92 Å². The van der Waals surface area contributed by atoms with Crippen molar-refractivity contribution in [2.24, 2.45) is 0 Å². The Balaban J connectivity index is 3.38. The van der Waals surface area contributed by atoms with Gasteiger partial charge < -0.3 is 10.0 Å². The molecule has 0 heterocycles. The van der Waals surface area contributed by atoms with Gasteiger partial charge in [-0.05, 0) is 24.0 Å². The Morgan fingerprint density at radius 2 is 2.08 bits per heavy atom. The maximum Gasteiger partial charge on any atom is 0.489 e. The average molecular weight is 198 g/mol. The molecule has 1 aromatic carbocycles. The SMILES string of the molecule is Cc1cc(Cl)c(C=O)c(B(O)O)c1. The number of rotatable bonds is 2. The van der Waals surface area contributed by atoms with Gasteiger partial charge in [0.1, 0.15) is 0 Å². The summed E-state index contributed by atoms with van der Waals surface area (Å²) >= 11 is 5.73. The van der Waals surface area contributed by atoms with Gasteiger partial charge in [-0.25, -0.2) is 0 Å². The highest BCUT2D eigenvalue weighted by atomic mass is 35.5. The lowest BCUT2D eigenvalue weighted by atomic mass is 9.76. The molecule has 0 aromatic heterocycles. The van der Waals surface area contributed by atoms with E-state index in [9.17, 15) is 4.79 Å². The van der Waals surface area contributed by atoms with Crippen LogP contribution in [0, 0.1) is 6.92 Å². The summed E-state index contributed by atoms with van der Waals surface area (Å²) in [5, 5.41) is 18.1. The standard InChI is InChI=1S/C8H8BClO3/c1-5-2-7(9(12)13)6(4-11)8(10)3-5/h2-4,12-13H,1H3. The van der Waals surface area contributed by atoms with Crippen LogP contribution in [0.1, 0.15) is 15.9 Å². The van der Waals surface area contributed by atoms with Crippen molar-refractivity contribution in [3.63, 3.8) is 0 Å². The van der Waals surface area contributed by atoms with Crippen LogP contribution < -0.4 is 5.46 Å². The van der Waals surface area contributed by atoms with Crippen molar-refractivity contribution in [3.05, 3.63) is 28.3 Å². The maximum absolute atomic E-state index is 10.6. The topological polar surface area (TPSA) is 57.5 Å². The van der Waals surface area contributed by atoms with Gasteiger partial charge in [-0.15, -0.1) is 0 Å². The molecule has 0 aliphatic rings. The maximum atomic E-state index is 10.6. The van der Waals surface area contributed by atoms with E-state index in [1.807, 2.05) is 0 Å². The second-order valence-electron chi connectivity index (χ2n) is 2.74. The molecule has 0 spiro atoms. The Labute approximate surface area is 81.1 Å². The number of carbonyl (C=O) groups is 1. The van der Waals surface area contributed by atoms with Crippen LogP contribution in [0.2, 0.25) is 5.02 Å². The first-order valence-electron chi connectivity index (χ1n) is 3.67. The van der Waals surface area contributed by atoms with Gasteiger partial charge in [0, 0.05) is 5.56 Å². The average Bonchev–Trinajstić information content (AvgIpc) is 2.02. The zero-order valence-electron chi connectivity index (χ0n) is 6.99. The van der Waals surface area contributed by atoms with Gasteiger partial charge in [0.05, 0.1) is 5.02 Å². The summed E-state index contributed by atoms with van der Waals surface area (Å²) < 4.78 is 0. The molecule has 0 fully saturated rings. The highest BCUT2D eigenvalue weighted by molar-refractivity contribution is 6.60. The highest BCUT2D eigenvalue weighted by Crippen LogP contribution is 2.14. The summed E-state index contributed by atoms with van der Waals surface area (Å²) in [5.41, 5.74) is 1.04. The quantitative estimate of drug-likeness (QED) is 0.525. The minimum Gasteiger partial charge on any atom is -0.423 e. The van der Waals surface area contributed by atoms with Crippen molar-refractivity contribution in [1.82, 2.24) is 0 Å². The van der Waals surface area contributed by atoms with E-state index in [-0.39, 0.29) is 16.0 Å². The Kier molecular flexibility index (Phi) is 3.09. The Hall–Kier alpha value is -0.835. The van der Waals surface area contributed by atoms with E-state index in [1.165, 1.54) is 6.07 Å². The number of benzene rings is 1. The monoisotopic (exact) mass is 198 g/mol. The fourth-order valence-corrected chi connectivity index (χ4v) is 1.44. The molecular weight excluding hydrogens is 190 g/mol. The third-order valence-corrected chi connectivity index (χ3v) is 2.01. The first-order chi connectivity index (χ1) is 6.06. The zero-order valence-corrected chi connectivity index (χ0v) is 7.75. The first kappa shape index (κ1) is 10.2. The second kappa shape index (κ2) is 3.92. The Bertz CT molecular complexity index is 338. The largest absolute Gasteiger partial charge is 0.489 e. The summed E-state index contributed by atoms with van der Waals surface area (Å²) in [6.07, 6.45) is 0.510. The highest BCUT2D eigenvalue weighted by Gasteiger charge is 2.18. The van der Waals surface area contributed by atoms with Crippen molar-refractivity contribution in [2.75, 3.05) is 0 Å². The van der Waals surface area contributed by atoms with E-state index in [0.29, 0.717) is 6.29 Å². The third-order valence-electron chi connectivity index (χ3n) is 1.70.